The molecule has 3 heteroatoms. The molecule has 0 aromatic heterocycles. The molecular formula is C15H19NO2. The molecule has 0 amide bonds. The Labute approximate surface area is 108 Å². The number of hydrogen-bond donors (Lipinski definition) is 1. The molecule has 18 heavy (non-hydrogen) atoms. The minimum atomic E-state index is -0.106. The highest BCUT2D eigenvalue weighted by Crippen LogP contribution is 2.19. The molecule has 2 N–H and O–H groups in total. The van der Waals surface area contributed by atoms with Crippen LogP contribution in [-0.2, 0) is 4.74 Å². The van der Waals surface area contributed by atoms with Crippen molar-refractivity contribution in [1.29, 1.82) is 0 Å². The first-order chi connectivity index (χ1) is 8.88. The average Bonchev–Trinajstić information content (AvgIpc) is 2.41. The summed E-state index contributed by atoms with van der Waals surface area (Å²) in [5.41, 5.74) is 6.36. The minimum absolute atomic E-state index is 0.106. The topological polar surface area (TPSA) is 44.5 Å². The molecule has 1 aliphatic heterocycles. The van der Waals surface area contributed by atoms with Crippen molar-refractivity contribution in [2.24, 2.45) is 5.73 Å². The fourth-order valence-electron chi connectivity index (χ4n) is 1.84. The molecule has 2 rings (SSSR count). The largest absolute Gasteiger partial charge is 0.465 e. The van der Waals surface area contributed by atoms with Crippen molar-refractivity contribution in [3.8, 4) is 17.6 Å². The Morgan fingerprint density at radius 2 is 2.33 bits per heavy atom. The van der Waals surface area contributed by atoms with Crippen LogP contribution in [0.2, 0.25) is 0 Å². The first-order valence-corrected chi connectivity index (χ1v) is 6.46. The molecule has 1 aliphatic rings. The minimum Gasteiger partial charge on any atom is -0.465 e. The third-order valence-corrected chi connectivity index (χ3v) is 2.74. The van der Waals surface area contributed by atoms with Crippen molar-refractivity contribution in [2.45, 2.75) is 32.0 Å². The van der Waals surface area contributed by atoms with Gasteiger partial charge in [0.25, 0.3) is 0 Å². The Bertz CT molecular complexity index is 428. The summed E-state index contributed by atoms with van der Waals surface area (Å²) in [5.74, 6) is 6.91. The maximum Gasteiger partial charge on any atom is 0.199 e. The van der Waals surface area contributed by atoms with Crippen molar-refractivity contribution in [2.75, 3.05) is 13.2 Å². The van der Waals surface area contributed by atoms with E-state index in [0.29, 0.717) is 6.54 Å². The maximum atomic E-state index is 5.79. The van der Waals surface area contributed by atoms with Gasteiger partial charge >= 0.3 is 0 Å². The number of nitrogens with two attached hydrogens (primary N) is 1. The zero-order valence-electron chi connectivity index (χ0n) is 10.5. The van der Waals surface area contributed by atoms with Gasteiger partial charge in [-0.1, -0.05) is 17.9 Å². The lowest BCUT2D eigenvalue weighted by molar-refractivity contribution is -0.105. The summed E-state index contributed by atoms with van der Waals surface area (Å²) in [6.45, 7) is 1.39. The SMILES string of the molecule is NCCC#Cc1cccc(OC2CCCCO2)c1. The third-order valence-electron chi connectivity index (χ3n) is 2.74. The number of ether oxygens (including phenoxy) is 2. The molecule has 1 heterocycles. The van der Waals surface area contributed by atoms with E-state index in [1.165, 1.54) is 6.42 Å². The highest BCUT2D eigenvalue weighted by molar-refractivity contribution is 5.39. The summed E-state index contributed by atoms with van der Waals surface area (Å²) in [7, 11) is 0. The van der Waals surface area contributed by atoms with Gasteiger partial charge < -0.3 is 15.2 Å². The van der Waals surface area contributed by atoms with Gasteiger partial charge in [-0.2, -0.15) is 0 Å². The van der Waals surface area contributed by atoms with Crippen molar-refractivity contribution in [3.05, 3.63) is 29.8 Å². The van der Waals surface area contributed by atoms with Gasteiger partial charge in [0, 0.05) is 24.9 Å². The number of benzene rings is 1. The molecular weight excluding hydrogens is 226 g/mol. The molecule has 0 spiro atoms. The Morgan fingerprint density at radius 3 is 3.11 bits per heavy atom. The number of rotatable bonds is 3. The highest BCUT2D eigenvalue weighted by Gasteiger charge is 2.14. The van der Waals surface area contributed by atoms with Gasteiger partial charge in [0.05, 0.1) is 6.61 Å². The van der Waals surface area contributed by atoms with E-state index in [2.05, 4.69) is 11.8 Å². The van der Waals surface area contributed by atoms with Crippen LogP contribution in [0.1, 0.15) is 31.2 Å². The van der Waals surface area contributed by atoms with E-state index in [0.717, 1.165) is 37.2 Å². The van der Waals surface area contributed by atoms with Crippen LogP contribution >= 0.6 is 0 Å². The van der Waals surface area contributed by atoms with Crippen LogP contribution in [0.15, 0.2) is 24.3 Å². The lowest BCUT2D eigenvalue weighted by atomic mass is 10.2. The Kier molecular flexibility index (Phi) is 5.07. The van der Waals surface area contributed by atoms with Crippen LogP contribution in [0.5, 0.6) is 5.75 Å². The molecule has 0 aliphatic carbocycles. The second-order valence-electron chi connectivity index (χ2n) is 4.28. The number of hydrogen-bond acceptors (Lipinski definition) is 3. The van der Waals surface area contributed by atoms with Crippen LogP contribution in [0, 0.1) is 11.8 Å². The molecule has 1 aromatic rings. The zero-order chi connectivity index (χ0) is 12.6. The molecule has 1 fully saturated rings. The van der Waals surface area contributed by atoms with Crippen molar-refractivity contribution in [1.82, 2.24) is 0 Å². The average molecular weight is 245 g/mol. The maximum absolute atomic E-state index is 5.79. The molecule has 0 saturated carbocycles. The molecule has 1 aromatic carbocycles. The van der Waals surface area contributed by atoms with Crippen LogP contribution in [0.25, 0.3) is 0 Å². The van der Waals surface area contributed by atoms with Gasteiger partial charge in [0.15, 0.2) is 6.29 Å². The van der Waals surface area contributed by atoms with Crippen LogP contribution in [0.3, 0.4) is 0 Å². The summed E-state index contributed by atoms with van der Waals surface area (Å²) in [4.78, 5) is 0. The van der Waals surface area contributed by atoms with Gasteiger partial charge in [0.1, 0.15) is 5.75 Å². The van der Waals surface area contributed by atoms with E-state index in [1.54, 1.807) is 0 Å². The first-order valence-electron chi connectivity index (χ1n) is 6.46. The second-order valence-corrected chi connectivity index (χ2v) is 4.28. The summed E-state index contributed by atoms with van der Waals surface area (Å²) >= 11 is 0. The highest BCUT2D eigenvalue weighted by atomic mass is 16.7. The Hall–Kier alpha value is -1.50. The van der Waals surface area contributed by atoms with E-state index >= 15 is 0 Å². The van der Waals surface area contributed by atoms with Gasteiger partial charge in [-0.3, -0.25) is 0 Å². The predicted octanol–water partition coefficient (Wildman–Crippen LogP) is 2.29. The third kappa shape index (κ3) is 4.06. The van der Waals surface area contributed by atoms with Crippen LogP contribution < -0.4 is 10.5 Å². The summed E-state index contributed by atoms with van der Waals surface area (Å²) in [5, 5.41) is 0. The molecule has 1 atom stereocenters. The van der Waals surface area contributed by atoms with Crippen molar-refractivity contribution >= 4 is 0 Å². The Morgan fingerprint density at radius 1 is 1.39 bits per heavy atom. The molecule has 1 unspecified atom stereocenters. The van der Waals surface area contributed by atoms with Crippen molar-refractivity contribution in [3.63, 3.8) is 0 Å². The van der Waals surface area contributed by atoms with E-state index in [1.807, 2.05) is 24.3 Å². The van der Waals surface area contributed by atoms with Crippen molar-refractivity contribution < 1.29 is 9.47 Å². The molecule has 3 nitrogen and oxygen atoms in total. The molecule has 96 valence electrons. The van der Waals surface area contributed by atoms with E-state index in [-0.39, 0.29) is 6.29 Å². The van der Waals surface area contributed by atoms with E-state index in [4.69, 9.17) is 15.2 Å². The molecule has 0 bridgehead atoms. The zero-order valence-corrected chi connectivity index (χ0v) is 10.5. The van der Waals surface area contributed by atoms with Gasteiger partial charge in [-0.15, -0.1) is 0 Å². The standard InChI is InChI=1S/C15H19NO2/c16-10-3-1-6-13-7-5-8-14(12-13)18-15-9-2-4-11-17-15/h5,7-8,12,15H,2-4,9-11,16H2. The Balaban J connectivity index is 1.96. The summed E-state index contributed by atoms with van der Waals surface area (Å²) in [6.07, 6.45) is 3.87. The normalized spacial score (nSPS) is 18.8. The predicted molar refractivity (Wildman–Crippen MR) is 71.2 cm³/mol. The molecule has 1 saturated heterocycles. The van der Waals surface area contributed by atoms with Gasteiger partial charge in [-0.05, 0) is 31.0 Å². The monoisotopic (exact) mass is 245 g/mol. The second kappa shape index (κ2) is 7.05. The van der Waals surface area contributed by atoms with Gasteiger partial charge in [-0.25, -0.2) is 0 Å². The van der Waals surface area contributed by atoms with Crippen LogP contribution in [-0.4, -0.2) is 19.4 Å². The fourth-order valence-corrected chi connectivity index (χ4v) is 1.84. The fraction of sp³-hybridized carbons (Fsp3) is 0.467. The first kappa shape index (κ1) is 12.9. The lowest BCUT2D eigenvalue weighted by Gasteiger charge is -2.23. The molecule has 0 radical (unpaired) electrons. The summed E-state index contributed by atoms with van der Waals surface area (Å²) < 4.78 is 11.3. The van der Waals surface area contributed by atoms with E-state index in [9.17, 15) is 0 Å². The lowest BCUT2D eigenvalue weighted by Crippen LogP contribution is -2.24. The smallest absolute Gasteiger partial charge is 0.199 e. The quantitative estimate of drug-likeness (QED) is 0.831. The summed E-state index contributed by atoms with van der Waals surface area (Å²) in [6, 6.07) is 7.80. The van der Waals surface area contributed by atoms with Crippen LogP contribution in [0.4, 0.5) is 0 Å². The van der Waals surface area contributed by atoms with Gasteiger partial charge in [0.2, 0.25) is 0 Å². The van der Waals surface area contributed by atoms with E-state index < -0.39 is 0 Å².